The lowest BCUT2D eigenvalue weighted by molar-refractivity contribution is -0.118. The van der Waals surface area contributed by atoms with Crippen LogP contribution in [0, 0.1) is 13.8 Å². The maximum atomic E-state index is 12.6. The van der Waals surface area contributed by atoms with Gasteiger partial charge >= 0.3 is 0 Å². The lowest BCUT2D eigenvalue weighted by atomic mass is 10.1. The van der Waals surface area contributed by atoms with Crippen LogP contribution in [0.25, 0.3) is 17.1 Å². The van der Waals surface area contributed by atoms with Gasteiger partial charge in [0.2, 0.25) is 5.75 Å². The van der Waals surface area contributed by atoms with E-state index in [1.807, 2.05) is 66.9 Å². The largest absolute Gasteiger partial charge is 0.493 e. The summed E-state index contributed by atoms with van der Waals surface area (Å²) in [6, 6.07) is 19.7. The first kappa shape index (κ1) is 26.7. The highest BCUT2D eigenvalue weighted by molar-refractivity contribution is 7.99. The van der Waals surface area contributed by atoms with Gasteiger partial charge in [-0.15, -0.1) is 10.2 Å². The second-order valence-electron chi connectivity index (χ2n) is 8.35. The van der Waals surface area contributed by atoms with Gasteiger partial charge in [0.05, 0.1) is 33.3 Å². The Labute approximate surface area is 225 Å². The van der Waals surface area contributed by atoms with Crippen LogP contribution in [0.15, 0.2) is 70.9 Å². The number of methoxy groups -OCH3 is 3. The monoisotopic (exact) mass is 531 g/mol. The van der Waals surface area contributed by atoms with E-state index in [0.29, 0.717) is 33.8 Å². The minimum absolute atomic E-state index is 0.0955. The minimum atomic E-state index is -0.291. The SMILES string of the molecule is COc1ccc(/C=N\NC(=O)CSc2nnc(-c3ccc(C)cc3)n2-c2ccc(C)cc2)c(OC)c1OC. The van der Waals surface area contributed by atoms with Gasteiger partial charge in [-0.2, -0.15) is 5.10 Å². The first-order chi connectivity index (χ1) is 18.4. The van der Waals surface area contributed by atoms with Gasteiger partial charge in [0.15, 0.2) is 22.5 Å². The molecule has 0 saturated heterocycles. The fourth-order valence-corrected chi connectivity index (χ4v) is 4.49. The van der Waals surface area contributed by atoms with E-state index in [-0.39, 0.29) is 11.7 Å². The van der Waals surface area contributed by atoms with E-state index in [2.05, 4.69) is 20.7 Å². The predicted octanol–water partition coefficient (Wildman–Crippen LogP) is 4.82. The van der Waals surface area contributed by atoms with Gasteiger partial charge in [-0.1, -0.05) is 59.3 Å². The van der Waals surface area contributed by atoms with E-state index < -0.39 is 0 Å². The summed E-state index contributed by atoms with van der Waals surface area (Å²) < 4.78 is 18.1. The molecule has 0 aliphatic carbocycles. The third kappa shape index (κ3) is 5.97. The van der Waals surface area contributed by atoms with Crippen LogP contribution in [-0.2, 0) is 4.79 Å². The highest BCUT2D eigenvalue weighted by atomic mass is 32.2. The smallest absolute Gasteiger partial charge is 0.250 e. The summed E-state index contributed by atoms with van der Waals surface area (Å²) in [6.45, 7) is 4.08. The maximum absolute atomic E-state index is 12.6. The molecule has 9 nitrogen and oxygen atoms in total. The Balaban J connectivity index is 1.50. The Morgan fingerprint density at radius 3 is 2.18 bits per heavy atom. The van der Waals surface area contributed by atoms with Crippen LogP contribution in [-0.4, -0.2) is 54.0 Å². The van der Waals surface area contributed by atoms with Crippen molar-refractivity contribution in [1.29, 1.82) is 0 Å². The number of rotatable bonds is 10. The fraction of sp³-hybridized carbons (Fsp3) is 0.214. The minimum Gasteiger partial charge on any atom is -0.493 e. The summed E-state index contributed by atoms with van der Waals surface area (Å²) in [6.07, 6.45) is 1.49. The highest BCUT2D eigenvalue weighted by Crippen LogP contribution is 2.39. The quantitative estimate of drug-likeness (QED) is 0.178. The molecule has 0 fully saturated rings. The Kier molecular flexibility index (Phi) is 8.65. The number of amides is 1. The molecule has 196 valence electrons. The molecule has 0 atom stereocenters. The van der Waals surface area contributed by atoms with Crippen molar-refractivity contribution in [3.8, 4) is 34.3 Å². The van der Waals surface area contributed by atoms with Crippen molar-refractivity contribution in [3.05, 3.63) is 77.4 Å². The van der Waals surface area contributed by atoms with E-state index in [1.165, 1.54) is 32.2 Å². The normalized spacial score (nSPS) is 11.0. The number of carbonyl (C=O) groups excluding carboxylic acids is 1. The van der Waals surface area contributed by atoms with Gasteiger partial charge in [0.25, 0.3) is 5.91 Å². The average molecular weight is 532 g/mol. The number of aromatic nitrogens is 3. The summed E-state index contributed by atoms with van der Waals surface area (Å²) >= 11 is 1.28. The molecule has 4 rings (SSSR count). The summed E-state index contributed by atoms with van der Waals surface area (Å²) in [5.74, 6) is 1.94. The molecule has 0 spiro atoms. The number of benzene rings is 3. The van der Waals surface area contributed by atoms with E-state index in [4.69, 9.17) is 14.2 Å². The van der Waals surface area contributed by atoms with Crippen molar-refractivity contribution >= 4 is 23.9 Å². The van der Waals surface area contributed by atoms with Gasteiger partial charge in [-0.25, -0.2) is 5.43 Å². The summed E-state index contributed by atoms with van der Waals surface area (Å²) in [5.41, 5.74) is 7.34. The first-order valence-corrected chi connectivity index (χ1v) is 12.8. The van der Waals surface area contributed by atoms with E-state index in [0.717, 1.165) is 22.4 Å². The molecule has 3 aromatic carbocycles. The Hall–Kier alpha value is -4.31. The maximum Gasteiger partial charge on any atom is 0.250 e. The molecule has 10 heteroatoms. The molecule has 1 heterocycles. The molecule has 0 aliphatic heterocycles. The zero-order valence-electron chi connectivity index (χ0n) is 21.9. The third-order valence-corrected chi connectivity index (χ3v) is 6.62. The predicted molar refractivity (Wildman–Crippen MR) is 149 cm³/mol. The van der Waals surface area contributed by atoms with Crippen molar-refractivity contribution in [2.45, 2.75) is 19.0 Å². The lowest BCUT2D eigenvalue weighted by Crippen LogP contribution is -2.20. The number of nitrogens with zero attached hydrogens (tertiary/aromatic N) is 4. The fourth-order valence-electron chi connectivity index (χ4n) is 3.74. The first-order valence-electron chi connectivity index (χ1n) is 11.8. The molecule has 0 unspecified atom stereocenters. The molecule has 4 aromatic rings. The highest BCUT2D eigenvalue weighted by Gasteiger charge is 2.18. The van der Waals surface area contributed by atoms with Crippen LogP contribution >= 0.6 is 11.8 Å². The molecule has 0 radical (unpaired) electrons. The zero-order valence-corrected chi connectivity index (χ0v) is 22.7. The van der Waals surface area contributed by atoms with E-state index >= 15 is 0 Å². The number of nitrogens with one attached hydrogen (secondary N) is 1. The number of ether oxygens (including phenoxy) is 3. The molecule has 0 bridgehead atoms. The topological polar surface area (TPSA) is 99.9 Å². The summed E-state index contributed by atoms with van der Waals surface area (Å²) in [7, 11) is 4.60. The van der Waals surface area contributed by atoms with Gasteiger partial charge < -0.3 is 14.2 Å². The Morgan fingerprint density at radius 2 is 1.55 bits per heavy atom. The van der Waals surface area contributed by atoms with Crippen molar-refractivity contribution in [2.24, 2.45) is 5.10 Å². The van der Waals surface area contributed by atoms with Crippen molar-refractivity contribution < 1.29 is 19.0 Å². The van der Waals surface area contributed by atoms with Crippen molar-refractivity contribution in [3.63, 3.8) is 0 Å². The van der Waals surface area contributed by atoms with Crippen molar-refractivity contribution in [2.75, 3.05) is 27.1 Å². The summed E-state index contributed by atoms with van der Waals surface area (Å²) in [5, 5.41) is 13.5. The van der Waals surface area contributed by atoms with Crippen LogP contribution < -0.4 is 19.6 Å². The number of aryl methyl sites for hydroxylation is 2. The number of hydrogen-bond donors (Lipinski definition) is 1. The number of hydrogen-bond acceptors (Lipinski definition) is 8. The van der Waals surface area contributed by atoms with E-state index in [9.17, 15) is 4.79 Å². The van der Waals surface area contributed by atoms with Crippen LogP contribution in [0.1, 0.15) is 16.7 Å². The summed E-state index contributed by atoms with van der Waals surface area (Å²) in [4.78, 5) is 12.6. The number of hydrazone groups is 1. The molecule has 1 N–H and O–H groups in total. The van der Waals surface area contributed by atoms with Gasteiger partial charge in [0.1, 0.15) is 0 Å². The van der Waals surface area contributed by atoms with Crippen LogP contribution in [0.3, 0.4) is 0 Å². The van der Waals surface area contributed by atoms with Gasteiger partial charge in [-0.3, -0.25) is 9.36 Å². The van der Waals surface area contributed by atoms with E-state index in [1.54, 1.807) is 19.2 Å². The van der Waals surface area contributed by atoms with Crippen molar-refractivity contribution in [1.82, 2.24) is 20.2 Å². The standard InChI is InChI=1S/C28H29N5O4S/c1-18-6-10-20(11-7-18)27-31-32-28(33(27)22-13-8-19(2)9-14-22)38-17-24(34)30-29-16-21-12-15-23(35-3)26(37-5)25(21)36-4/h6-16H,17H2,1-5H3,(H,30,34)/b29-16-. The molecule has 1 aromatic heterocycles. The van der Waals surface area contributed by atoms with Gasteiger partial charge in [-0.05, 0) is 38.1 Å². The molecular weight excluding hydrogens is 502 g/mol. The average Bonchev–Trinajstić information content (AvgIpc) is 3.36. The molecule has 0 saturated carbocycles. The molecule has 0 aliphatic rings. The molecule has 38 heavy (non-hydrogen) atoms. The lowest BCUT2D eigenvalue weighted by Gasteiger charge is -2.13. The Morgan fingerprint density at radius 1 is 0.895 bits per heavy atom. The number of thioether (sulfide) groups is 1. The van der Waals surface area contributed by atoms with Crippen LogP contribution in [0.2, 0.25) is 0 Å². The van der Waals surface area contributed by atoms with Crippen LogP contribution in [0.4, 0.5) is 0 Å². The van der Waals surface area contributed by atoms with Gasteiger partial charge in [0, 0.05) is 16.8 Å². The van der Waals surface area contributed by atoms with Crippen LogP contribution in [0.5, 0.6) is 17.2 Å². The molecule has 1 amide bonds. The third-order valence-electron chi connectivity index (χ3n) is 5.70. The second-order valence-corrected chi connectivity index (χ2v) is 9.29. The molecular formula is C28H29N5O4S. The second kappa shape index (κ2) is 12.3. The zero-order chi connectivity index (χ0) is 27.1. The number of carbonyl (C=O) groups is 1. The Bertz CT molecular complexity index is 1430.